The molecule has 0 radical (unpaired) electrons. The predicted molar refractivity (Wildman–Crippen MR) is 90.3 cm³/mol. The number of piperidine rings is 1. The topological polar surface area (TPSA) is 78.6 Å². The van der Waals surface area contributed by atoms with E-state index in [4.69, 9.17) is 10.2 Å². The van der Waals surface area contributed by atoms with Gasteiger partial charge in [-0.2, -0.15) is 18.3 Å². The third-order valence-electron chi connectivity index (χ3n) is 4.87. The summed E-state index contributed by atoms with van der Waals surface area (Å²) in [6.45, 7) is 0.108. The molecule has 9 heteroatoms. The summed E-state index contributed by atoms with van der Waals surface area (Å²) in [6, 6.07) is 7.29. The quantitative estimate of drug-likeness (QED) is 0.849. The van der Waals surface area contributed by atoms with Gasteiger partial charge in [-0.15, -0.1) is 0 Å². The van der Waals surface area contributed by atoms with E-state index < -0.39 is 24.6 Å². The van der Waals surface area contributed by atoms with Gasteiger partial charge in [0.25, 0.3) is 0 Å². The molecule has 0 atom stereocenters. The third kappa shape index (κ3) is 4.24. The molecule has 1 aromatic carbocycles. The number of likely N-dealkylation sites (tertiary alicyclic amines) is 1. The van der Waals surface area contributed by atoms with Crippen LogP contribution in [0.1, 0.15) is 41.1 Å². The maximum absolute atomic E-state index is 13.3. The van der Waals surface area contributed by atoms with Gasteiger partial charge in [-0.25, -0.2) is 4.79 Å². The lowest BCUT2D eigenvalue weighted by atomic mass is 9.89. The number of carbonyl (C=O) groups is 1. The summed E-state index contributed by atoms with van der Waals surface area (Å²) in [5.74, 6) is 0.174. The number of nitrogens with zero attached hydrogens (tertiary/aromatic N) is 3. The van der Waals surface area contributed by atoms with Crippen molar-refractivity contribution in [2.24, 2.45) is 0 Å². The van der Waals surface area contributed by atoms with Gasteiger partial charge in [0.15, 0.2) is 0 Å². The molecule has 0 unspecified atom stereocenters. The van der Waals surface area contributed by atoms with Crippen LogP contribution in [0.2, 0.25) is 0 Å². The first kappa shape index (κ1) is 19.2. The summed E-state index contributed by atoms with van der Waals surface area (Å²) in [5, 5.41) is 21.9. The first-order valence-corrected chi connectivity index (χ1v) is 8.59. The van der Waals surface area contributed by atoms with Gasteiger partial charge in [-0.05, 0) is 29.9 Å². The third-order valence-corrected chi connectivity index (χ3v) is 4.87. The second kappa shape index (κ2) is 7.59. The minimum Gasteiger partial charge on any atom is -0.465 e. The number of amides is 1. The minimum atomic E-state index is -4.60. The molecule has 1 aliphatic heterocycles. The van der Waals surface area contributed by atoms with Crippen molar-refractivity contribution in [3.63, 3.8) is 0 Å². The number of alkyl halides is 3. The number of aliphatic hydroxyl groups excluding tert-OH is 1. The first-order valence-electron chi connectivity index (χ1n) is 8.59. The molecule has 27 heavy (non-hydrogen) atoms. The van der Waals surface area contributed by atoms with E-state index in [1.165, 1.54) is 4.90 Å². The van der Waals surface area contributed by atoms with Crippen LogP contribution in [0.4, 0.5) is 18.0 Å². The van der Waals surface area contributed by atoms with Crippen molar-refractivity contribution in [3.8, 4) is 0 Å². The Hall–Kier alpha value is -2.55. The van der Waals surface area contributed by atoms with Gasteiger partial charge in [0.2, 0.25) is 0 Å². The van der Waals surface area contributed by atoms with Gasteiger partial charge in [0.05, 0.1) is 19.3 Å². The minimum absolute atomic E-state index is 0.0589. The Balaban J connectivity index is 1.78. The van der Waals surface area contributed by atoms with E-state index in [0.29, 0.717) is 31.5 Å². The van der Waals surface area contributed by atoms with Crippen molar-refractivity contribution in [2.45, 2.75) is 38.1 Å². The van der Waals surface area contributed by atoms with Crippen molar-refractivity contribution in [2.75, 3.05) is 13.1 Å². The summed E-state index contributed by atoms with van der Waals surface area (Å²) in [7, 11) is 0. The molecule has 0 spiro atoms. The highest BCUT2D eigenvalue weighted by molar-refractivity contribution is 5.65. The van der Waals surface area contributed by atoms with Crippen LogP contribution >= 0.6 is 0 Å². The zero-order valence-corrected chi connectivity index (χ0v) is 14.5. The molecule has 1 amide bonds. The fraction of sp³-hybridized carbons (Fsp3) is 0.444. The Labute approximate surface area is 153 Å². The number of hydrogen-bond donors (Lipinski definition) is 2. The number of benzene rings is 1. The summed E-state index contributed by atoms with van der Waals surface area (Å²) in [6.07, 6.45) is -3.13. The number of halogens is 3. The number of carboxylic acid groups (broad SMARTS) is 1. The molecule has 2 heterocycles. The van der Waals surface area contributed by atoms with Crippen LogP contribution in [0.5, 0.6) is 0 Å². The fourth-order valence-corrected chi connectivity index (χ4v) is 3.51. The number of hydrogen-bond acceptors (Lipinski definition) is 3. The van der Waals surface area contributed by atoms with Crippen molar-refractivity contribution >= 4 is 6.09 Å². The van der Waals surface area contributed by atoms with Crippen molar-refractivity contribution in [1.82, 2.24) is 14.7 Å². The summed E-state index contributed by atoms with van der Waals surface area (Å²) >= 11 is 0. The molecule has 1 fully saturated rings. The lowest BCUT2D eigenvalue weighted by Crippen LogP contribution is -2.36. The molecule has 0 saturated carbocycles. The van der Waals surface area contributed by atoms with Crippen molar-refractivity contribution in [3.05, 3.63) is 52.8 Å². The van der Waals surface area contributed by atoms with Gasteiger partial charge in [0, 0.05) is 18.7 Å². The molecule has 1 aromatic heterocycles. The van der Waals surface area contributed by atoms with Crippen LogP contribution in [0.15, 0.2) is 30.5 Å². The van der Waals surface area contributed by atoms with E-state index in [-0.39, 0.29) is 18.0 Å². The van der Waals surface area contributed by atoms with E-state index in [1.54, 1.807) is 12.1 Å². The van der Waals surface area contributed by atoms with Gasteiger partial charge in [-0.3, -0.25) is 4.68 Å². The Bertz CT molecular complexity index is 812. The van der Waals surface area contributed by atoms with E-state index >= 15 is 0 Å². The second-order valence-corrected chi connectivity index (χ2v) is 6.62. The van der Waals surface area contributed by atoms with Gasteiger partial charge < -0.3 is 15.1 Å². The van der Waals surface area contributed by atoms with Gasteiger partial charge in [-0.1, -0.05) is 24.3 Å². The van der Waals surface area contributed by atoms with Crippen molar-refractivity contribution < 1.29 is 28.2 Å². The molecule has 146 valence electrons. The molecule has 1 aliphatic rings. The zero-order chi connectivity index (χ0) is 19.6. The van der Waals surface area contributed by atoms with E-state index in [1.807, 2.05) is 12.1 Å². The van der Waals surface area contributed by atoms with E-state index in [0.717, 1.165) is 16.4 Å². The maximum atomic E-state index is 13.3. The SMILES string of the molecule is O=C(O)N1CCC(c2cccc(Cn3ncc(CO)c3C(F)(F)F)c2)CC1. The highest BCUT2D eigenvalue weighted by Crippen LogP contribution is 2.33. The monoisotopic (exact) mass is 383 g/mol. The predicted octanol–water partition coefficient (Wildman–Crippen LogP) is 3.30. The van der Waals surface area contributed by atoms with Crippen LogP contribution < -0.4 is 0 Å². The zero-order valence-electron chi connectivity index (χ0n) is 14.5. The van der Waals surface area contributed by atoms with Gasteiger partial charge >= 0.3 is 12.3 Å². The van der Waals surface area contributed by atoms with E-state index in [2.05, 4.69) is 5.10 Å². The largest absolute Gasteiger partial charge is 0.465 e. The lowest BCUT2D eigenvalue weighted by molar-refractivity contribution is -0.145. The molecule has 6 nitrogen and oxygen atoms in total. The molecular weight excluding hydrogens is 363 g/mol. The van der Waals surface area contributed by atoms with Crippen LogP contribution in [-0.2, 0) is 19.3 Å². The summed E-state index contributed by atoms with van der Waals surface area (Å²) in [5.41, 5.74) is 0.469. The molecule has 0 bridgehead atoms. The Morgan fingerprint density at radius 3 is 2.56 bits per heavy atom. The molecular formula is C18H20F3N3O3. The first-order chi connectivity index (χ1) is 12.8. The normalized spacial score (nSPS) is 15.9. The Morgan fingerprint density at radius 2 is 1.96 bits per heavy atom. The smallest absolute Gasteiger partial charge is 0.433 e. The molecule has 2 N–H and O–H groups in total. The van der Waals surface area contributed by atoms with E-state index in [9.17, 15) is 18.0 Å². The standard InChI is InChI=1S/C18H20F3N3O3/c19-18(20,21)16-15(11-25)9-22-24(16)10-12-2-1-3-14(8-12)13-4-6-23(7-5-13)17(26)27/h1-3,8-9,13,25H,4-7,10-11H2,(H,26,27). The number of rotatable bonds is 4. The average molecular weight is 383 g/mol. The van der Waals surface area contributed by atoms with Crippen LogP contribution in [0.25, 0.3) is 0 Å². The highest BCUT2D eigenvalue weighted by atomic mass is 19.4. The van der Waals surface area contributed by atoms with Gasteiger partial charge in [0.1, 0.15) is 5.69 Å². The highest BCUT2D eigenvalue weighted by Gasteiger charge is 2.37. The fourth-order valence-electron chi connectivity index (χ4n) is 3.51. The van der Waals surface area contributed by atoms with Crippen molar-refractivity contribution in [1.29, 1.82) is 0 Å². The number of aliphatic hydroxyl groups is 1. The second-order valence-electron chi connectivity index (χ2n) is 6.62. The van der Waals surface area contributed by atoms with Crippen LogP contribution in [-0.4, -0.2) is 44.1 Å². The molecule has 3 rings (SSSR count). The lowest BCUT2D eigenvalue weighted by Gasteiger charge is -2.30. The Kier molecular flexibility index (Phi) is 5.41. The number of aromatic nitrogens is 2. The summed E-state index contributed by atoms with van der Waals surface area (Å²) < 4.78 is 40.7. The Morgan fingerprint density at radius 1 is 1.26 bits per heavy atom. The van der Waals surface area contributed by atoms with Crippen LogP contribution in [0, 0.1) is 0 Å². The molecule has 0 aliphatic carbocycles. The average Bonchev–Trinajstić information content (AvgIpc) is 3.05. The maximum Gasteiger partial charge on any atom is 0.433 e. The summed E-state index contributed by atoms with van der Waals surface area (Å²) in [4.78, 5) is 12.4. The molecule has 1 saturated heterocycles. The molecule has 2 aromatic rings. The van der Waals surface area contributed by atoms with Crippen LogP contribution in [0.3, 0.4) is 0 Å².